The minimum atomic E-state index is -0.969. The van der Waals surface area contributed by atoms with Gasteiger partial charge in [0, 0.05) is 17.9 Å². The van der Waals surface area contributed by atoms with E-state index in [0.29, 0.717) is 10.2 Å². The molecule has 164 valence electrons. The number of aliphatic hydroxyl groups excluding tert-OH is 1. The molecule has 0 aromatic rings. The highest BCUT2D eigenvalue weighted by molar-refractivity contribution is 9.09. The van der Waals surface area contributed by atoms with Crippen LogP contribution in [-0.4, -0.2) is 52.0 Å². The number of hydrogen-bond acceptors (Lipinski definition) is 6. The van der Waals surface area contributed by atoms with Crippen molar-refractivity contribution in [3.63, 3.8) is 0 Å². The standard InChI is InChI=1S/C16H21BrN2O4.C5H12O/c1-15(2,3)23-14(22)19(10-20)13(18)11-8-16(4,9-17)7-5-6-12(11)21;1-5(2,3)6-4/h5-8,10,18,21H,9H2,1-4H3;1-4H3. The highest BCUT2D eigenvalue weighted by Gasteiger charge is 2.30. The van der Waals surface area contributed by atoms with Crippen LogP contribution in [0.15, 0.2) is 35.6 Å². The number of halogens is 1. The minimum absolute atomic E-state index is 0.0417. The summed E-state index contributed by atoms with van der Waals surface area (Å²) in [5, 5.41) is 18.8. The van der Waals surface area contributed by atoms with Gasteiger partial charge in [-0.15, -0.1) is 0 Å². The predicted octanol–water partition coefficient (Wildman–Crippen LogP) is 5.13. The van der Waals surface area contributed by atoms with Crippen LogP contribution in [0.2, 0.25) is 0 Å². The van der Waals surface area contributed by atoms with Gasteiger partial charge in [-0.05, 0) is 47.6 Å². The van der Waals surface area contributed by atoms with Crippen molar-refractivity contribution in [2.45, 2.75) is 59.7 Å². The lowest BCUT2D eigenvalue weighted by atomic mass is 9.90. The summed E-state index contributed by atoms with van der Waals surface area (Å²) in [5.41, 5.74) is -1.17. The molecule has 0 spiro atoms. The Labute approximate surface area is 182 Å². The molecule has 0 heterocycles. The average Bonchev–Trinajstić information content (AvgIpc) is 2.73. The Bertz CT molecular complexity index is 699. The Kier molecular flexibility index (Phi) is 10.0. The Balaban J connectivity index is 0.00000113. The fraction of sp³-hybridized carbons (Fsp3) is 0.571. The average molecular weight is 473 g/mol. The van der Waals surface area contributed by atoms with Crippen molar-refractivity contribution in [2.75, 3.05) is 12.4 Å². The second-order valence-electron chi connectivity index (χ2n) is 8.73. The summed E-state index contributed by atoms with van der Waals surface area (Å²) in [4.78, 5) is 23.9. The summed E-state index contributed by atoms with van der Waals surface area (Å²) in [7, 11) is 1.71. The molecule has 7 nitrogen and oxygen atoms in total. The number of amides is 2. The van der Waals surface area contributed by atoms with Crippen LogP contribution in [0.4, 0.5) is 4.79 Å². The van der Waals surface area contributed by atoms with Crippen LogP contribution in [0.3, 0.4) is 0 Å². The van der Waals surface area contributed by atoms with Gasteiger partial charge in [-0.2, -0.15) is 0 Å². The van der Waals surface area contributed by atoms with Gasteiger partial charge >= 0.3 is 6.09 Å². The van der Waals surface area contributed by atoms with E-state index in [1.807, 2.05) is 33.8 Å². The van der Waals surface area contributed by atoms with E-state index in [9.17, 15) is 14.7 Å². The van der Waals surface area contributed by atoms with Gasteiger partial charge in [-0.25, -0.2) is 9.69 Å². The van der Waals surface area contributed by atoms with Crippen LogP contribution >= 0.6 is 15.9 Å². The van der Waals surface area contributed by atoms with Crippen molar-refractivity contribution in [1.29, 1.82) is 5.41 Å². The first-order chi connectivity index (χ1) is 13.1. The number of nitrogens with zero attached hydrogens (tertiary/aromatic N) is 1. The highest BCUT2D eigenvalue weighted by atomic mass is 79.9. The van der Waals surface area contributed by atoms with Crippen LogP contribution in [-0.2, 0) is 14.3 Å². The molecule has 1 aliphatic carbocycles. The van der Waals surface area contributed by atoms with E-state index < -0.39 is 22.9 Å². The molecule has 0 aliphatic heterocycles. The van der Waals surface area contributed by atoms with E-state index in [1.165, 1.54) is 6.08 Å². The van der Waals surface area contributed by atoms with Gasteiger partial charge in [0.2, 0.25) is 6.41 Å². The maximum absolute atomic E-state index is 12.1. The molecule has 2 amide bonds. The van der Waals surface area contributed by atoms with Crippen molar-refractivity contribution in [3.05, 3.63) is 35.6 Å². The molecule has 0 aromatic heterocycles. The largest absolute Gasteiger partial charge is 0.507 e. The Morgan fingerprint density at radius 3 is 2.17 bits per heavy atom. The number of alkyl halides is 1. The van der Waals surface area contributed by atoms with E-state index in [0.717, 1.165) is 0 Å². The molecule has 0 radical (unpaired) electrons. The smallest absolute Gasteiger partial charge is 0.422 e. The number of rotatable bonds is 3. The number of ether oxygens (including phenoxy) is 2. The number of hydrogen-bond donors (Lipinski definition) is 2. The van der Waals surface area contributed by atoms with Crippen LogP contribution in [0, 0.1) is 10.8 Å². The van der Waals surface area contributed by atoms with Crippen LogP contribution < -0.4 is 0 Å². The van der Waals surface area contributed by atoms with E-state index in [2.05, 4.69) is 15.9 Å². The summed E-state index contributed by atoms with van der Waals surface area (Å²) in [5.74, 6) is -0.648. The second kappa shape index (κ2) is 10.7. The molecule has 0 saturated heterocycles. The summed E-state index contributed by atoms with van der Waals surface area (Å²) in [6.45, 7) is 12.9. The third kappa shape index (κ3) is 9.89. The molecular formula is C21H33BrN2O5. The fourth-order valence-electron chi connectivity index (χ4n) is 1.80. The van der Waals surface area contributed by atoms with Gasteiger partial charge in [0.25, 0.3) is 0 Å². The summed E-state index contributed by atoms with van der Waals surface area (Å²) >= 11 is 3.38. The van der Waals surface area contributed by atoms with E-state index >= 15 is 0 Å². The number of allylic oxidation sites excluding steroid dienone is 4. The van der Waals surface area contributed by atoms with Crippen molar-refractivity contribution < 1.29 is 24.2 Å². The zero-order chi connectivity index (χ0) is 23.0. The number of aliphatic hydroxyl groups is 1. The van der Waals surface area contributed by atoms with Gasteiger partial charge in [-0.3, -0.25) is 10.2 Å². The Morgan fingerprint density at radius 1 is 1.28 bits per heavy atom. The molecule has 2 N–H and O–H groups in total. The predicted molar refractivity (Wildman–Crippen MR) is 118 cm³/mol. The van der Waals surface area contributed by atoms with E-state index in [4.69, 9.17) is 14.9 Å². The van der Waals surface area contributed by atoms with Gasteiger partial charge in [0.15, 0.2) is 0 Å². The molecule has 0 bridgehead atoms. The molecule has 29 heavy (non-hydrogen) atoms. The maximum Gasteiger partial charge on any atom is 0.422 e. The Morgan fingerprint density at radius 2 is 1.79 bits per heavy atom. The summed E-state index contributed by atoms with van der Waals surface area (Å²) < 4.78 is 10.0. The number of nitrogens with one attached hydrogen (secondary N) is 1. The Hall–Kier alpha value is -1.93. The van der Waals surface area contributed by atoms with Crippen molar-refractivity contribution >= 4 is 34.3 Å². The number of carbonyl (C=O) groups is 2. The topological polar surface area (TPSA) is 99.9 Å². The van der Waals surface area contributed by atoms with E-state index in [-0.39, 0.29) is 23.3 Å². The van der Waals surface area contributed by atoms with E-state index in [1.54, 1.807) is 40.0 Å². The lowest BCUT2D eigenvalue weighted by Gasteiger charge is -2.25. The lowest BCUT2D eigenvalue weighted by Crippen LogP contribution is -2.40. The second-order valence-corrected chi connectivity index (χ2v) is 9.29. The first kappa shape index (κ1) is 27.1. The molecule has 0 saturated carbocycles. The van der Waals surface area contributed by atoms with Crippen LogP contribution in [0.5, 0.6) is 0 Å². The first-order valence-corrected chi connectivity index (χ1v) is 10.2. The van der Waals surface area contributed by atoms with Crippen molar-refractivity contribution in [2.24, 2.45) is 5.41 Å². The van der Waals surface area contributed by atoms with Crippen LogP contribution in [0.25, 0.3) is 0 Å². The summed E-state index contributed by atoms with van der Waals surface area (Å²) in [6.07, 6.45) is 5.77. The van der Waals surface area contributed by atoms with Gasteiger partial charge in [0.1, 0.15) is 17.2 Å². The fourth-order valence-corrected chi connectivity index (χ4v) is 2.15. The van der Waals surface area contributed by atoms with Gasteiger partial charge in [0.05, 0.1) is 11.2 Å². The number of methoxy groups -OCH3 is 1. The minimum Gasteiger partial charge on any atom is -0.507 e. The van der Waals surface area contributed by atoms with Gasteiger partial charge in [-0.1, -0.05) is 41.1 Å². The third-order valence-corrected chi connectivity index (χ3v) is 4.78. The molecule has 1 aliphatic rings. The molecule has 8 heteroatoms. The number of carbonyl (C=O) groups excluding carboxylic acids is 2. The zero-order valence-corrected chi connectivity index (χ0v) is 20.1. The first-order valence-electron chi connectivity index (χ1n) is 9.08. The third-order valence-electron chi connectivity index (χ3n) is 3.57. The molecule has 0 fully saturated rings. The maximum atomic E-state index is 12.1. The monoisotopic (exact) mass is 472 g/mol. The number of amidine groups is 1. The molecule has 1 rings (SSSR count). The lowest BCUT2D eigenvalue weighted by molar-refractivity contribution is -0.114. The molecule has 0 aromatic carbocycles. The quantitative estimate of drug-likeness (QED) is 0.256. The molecular weight excluding hydrogens is 440 g/mol. The van der Waals surface area contributed by atoms with Gasteiger partial charge < -0.3 is 14.6 Å². The van der Waals surface area contributed by atoms with Crippen LogP contribution in [0.1, 0.15) is 48.5 Å². The normalized spacial score (nSPS) is 19.1. The highest BCUT2D eigenvalue weighted by Crippen LogP contribution is 2.30. The zero-order valence-electron chi connectivity index (χ0n) is 18.5. The SMILES string of the molecule is CC1(CBr)C=CC=C(O)C(C(=N)N(C=O)C(=O)OC(C)(C)C)=C1.COC(C)(C)C. The van der Waals surface area contributed by atoms with Crippen molar-refractivity contribution in [3.8, 4) is 0 Å². The van der Waals surface area contributed by atoms with Crippen molar-refractivity contribution in [1.82, 2.24) is 4.90 Å². The number of imide groups is 1. The molecule has 1 atom stereocenters. The molecule has 1 unspecified atom stereocenters. The summed E-state index contributed by atoms with van der Waals surface area (Å²) in [6, 6.07) is 0.